The summed E-state index contributed by atoms with van der Waals surface area (Å²) in [6.07, 6.45) is 4.71. The number of carbonyl (C=O) groups is 2. The third-order valence-electron chi connectivity index (χ3n) is 14.7. The Morgan fingerprint density at radius 1 is 0.867 bits per heavy atom. The highest BCUT2D eigenvalue weighted by molar-refractivity contribution is 9.11. The molecule has 6 rings (SSSR count). The van der Waals surface area contributed by atoms with Crippen LogP contribution in [0.15, 0.2) is 46.5 Å². The Labute approximate surface area is 368 Å². The predicted octanol–water partition coefficient (Wildman–Crippen LogP) is 8.96. The van der Waals surface area contributed by atoms with Gasteiger partial charge in [-0.05, 0) is 103 Å². The number of rotatable bonds is 12. The molecule has 0 bridgehead atoms. The predicted molar refractivity (Wildman–Crippen MR) is 235 cm³/mol. The molecule has 0 amide bonds. The number of ether oxygens (including phenoxy) is 8. The molecule has 11 nitrogen and oxygen atoms in total. The zero-order valence-electron chi connectivity index (χ0n) is 37.9. The van der Waals surface area contributed by atoms with Crippen LogP contribution in [0.5, 0.6) is 5.75 Å². The molecule has 0 aromatic heterocycles. The summed E-state index contributed by atoms with van der Waals surface area (Å²) in [5.74, 6) is -0.272. The highest BCUT2D eigenvalue weighted by Gasteiger charge is 2.59. The van der Waals surface area contributed by atoms with Gasteiger partial charge in [-0.3, -0.25) is 9.59 Å². The maximum absolute atomic E-state index is 14.9. The van der Waals surface area contributed by atoms with Crippen LogP contribution in [0.3, 0.4) is 0 Å². The van der Waals surface area contributed by atoms with Crippen molar-refractivity contribution >= 4 is 36.0 Å². The van der Waals surface area contributed by atoms with Crippen LogP contribution in [0.25, 0.3) is 0 Å². The SMILES string of the molecule is CC[C@H]1CCC[C@H](OCc2ccc(OC)cc2)[C@@H](C)C(=O)C2=C[C@@H]3[C@@H](C=C(Br)[C@H]4[C@H]3C[C@H](O[C@@H]3O[C@@H](C)[C@H](OC)[C@@H](OC)[C@H]3OC)[C@@H]4O[Si](C)(C)C(C)(C)C)[C@H]2CC(=O)O1. The average molecular weight is 920 g/mol. The molecular formula is C47H71BrO11Si. The van der Waals surface area contributed by atoms with E-state index in [-0.39, 0.29) is 89.4 Å². The van der Waals surface area contributed by atoms with Crippen LogP contribution in [-0.2, 0) is 53.8 Å². The maximum atomic E-state index is 14.9. The summed E-state index contributed by atoms with van der Waals surface area (Å²) in [7, 11) is 4.28. The zero-order chi connectivity index (χ0) is 43.7. The molecular weight excluding hydrogens is 848 g/mol. The van der Waals surface area contributed by atoms with Gasteiger partial charge in [0.2, 0.25) is 0 Å². The molecule has 60 heavy (non-hydrogen) atoms. The van der Waals surface area contributed by atoms with Crippen molar-refractivity contribution in [3.8, 4) is 5.75 Å². The van der Waals surface area contributed by atoms with Gasteiger partial charge in [-0.2, -0.15) is 0 Å². The first kappa shape index (κ1) is 47.5. The van der Waals surface area contributed by atoms with Gasteiger partial charge >= 0.3 is 5.97 Å². The Morgan fingerprint density at radius 2 is 1.55 bits per heavy atom. The van der Waals surface area contributed by atoms with Crippen molar-refractivity contribution in [2.24, 2.45) is 35.5 Å². The molecule has 3 aliphatic carbocycles. The molecule has 15 atom stereocenters. The van der Waals surface area contributed by atoms with Crippen molar-refractivity contribution in [2.75, 3.05) is 28.4 Å². The van der Waals surface area contributed by atoms with Gasteiger partial charge in [0.15, 0.2) is 20.4 Å². The van der Waals surface area contributed by atoms with Gasteiger partial charge < -0.3 is 42.3 Å². The minimum Gasteiger partial charge on any atom is -0.497 e. The quantitative estimate of drug-likeness (QED) is 0.148. The fraction of sp³-hybridized carbons (Fsp3) is 0.745. The number of cyclic esters (lactones) is 1. The largest absolute Gasteiger partial charge is 0.497 e. The van der Waals surface area contributed by atoms with Gasteiger partial charge in [0.25, 0.3) is 0 Å². The van der Waals surface area contributed by atoms with Gasteiger partial charge in [0.1, 0.15) is 30.2 Å². The van der Waals surface area contributed by atoms with Crippen molar-refractivity contribution in [3.63, 3.8) is 0 Å². The minimum absolute atomic E-state index is 0.0286. The number of fused-ring (bicyclic) bond motifs is 5. The number of ketones is 1. The Hall–Kier alpha value is -1.94. The molecule has 0 radical (unpaired) electrons. The maximum Gasteiger partial charge on any atom is 0.306 e. The van der Waals surface area contributed by atoms with Gasteiger partial charge in [-0.15, -0.1) is 0 Å². The van der Waals surface area contributed by atoms with E-state index >= 15 is 0 Å². The fourth-order valence-electron chi connectivity index (χ4n) is 10.2. The second kappa shape index (κ2) is 19.8. The number of Topliss-reactive ketones (excluding diaryl/α,β-unsaturated/α-hetero) is 1. The Morgan fingerprint density at radius 3 is 2.17 bits per heavy atom. The summed E-state index contributed by atoms with van der Waals surface area (Å²) in [6, 6.07) is 7.85. The summed E-state index contributed by atoms with van der Waals surface area (Å²) in [4.78, 5) is 28.7. The van der Waals surface area contributed by atoms with Crippen LogP contribution in [0.4, 0.5) is 0 Å². The summed E-state index contributed by atoms with van der Waals surface area (Å²) in [5.41, 5.74) is 1.72. The number of benzene rings is 1. The van der Waals surface area contributed by atoms with Crippen LogP contribution in [0.2, 0.25) is 18.1 Å². The lowest BCUT2D eigenvalue weighted by molar-refractivity contribution is -0.318. The highest BCUT2D eigenvalue weighted by Crippen LogP contribution is 2.59. The van der Waals surface area contributed by atoms with Gasteiger partial charge in [0.05, 0.1) is 44.6 Å². The monoisotopic (exact) mass is 918 g/mol. The first-order valence-electron chi connectivity index (χ1n) is 22.1. The number of carbonyl (C=O) groups excluding carboxylic acids is 2. The van der Waals surface area contributed by atoms with Crippen LogP contribution in [0, 0.1) is 35.5 Å². The molecule has 5 aliphatic rings. The standard InChI is InChI=1S/C47H71BrO11Si/c1-13-29-15-14-16-37(55-25-28-17-19-30(51-7)20-18-28)26(2)41(50)35-21-31-32(33(35)24-39(49)57-29)22-36(48)40-34(31)23-38(43(40)59-60(11,12)47(4,5)6)58-46-45(54-10)44(53-9)42(52-8)27(3)56-46/h17-22,26-27,29,31-34,37-38,40,42-46H,13-16,23-25H2,1-12H3/t26-,27+,29+,31-,32-,33-,34+,37+,38+,40-,42+,43+,44-,45-,46+/m1/s1. The molecule has 3 fully saturated rings. The molecule has 2 aliphatic heterocycles. The summed E-state index contributed by atoms with van der Waals surface area (Å²) in [6.45, 7) is 17.7. The van der Waals surface area contributed by atoms with E-state index in [9.17, 15) is 9.59 Å². The third kappa shape index (κ3) is 9.89. The van der Waals surface area contributed by atoms with E-state index in [1.54, 1.807) is 28.4 Å². The molecule has 13 heteroatoms. The van der Waals surface area contributed by atoms with Crippen molar-refractivity contribution < 1.29 is 51.9 Å². The third-order valence-corrected chi connectivity index (χ3v) is 19.9. The summed E-state index contributed by atoms with van der Waals surface area (Å²) >= 11 is 4.08. The van der Waals surface area contributed by atoms with Gasteiger partial charge in [-0.25, -0.2) is 0 Å². The Bertz CT molecular complexity index is 1690. The van der Waals surface area contributed by atoms with Crippen molar-refractivity contribution in [1.29, 1.82) is 0 Å². The molecule has 1 aromatic rings. The molecule has 2 saturated heterocycles. The number of esters is 1. The van der Waals surface area contributed by atoms with E-state index in [4.69, 9.17) is 42.3 Å². The number of hydrogen-bond donors (Lipinski definition) is 0. The van der Waals surface area contributed by atoms with E-state index in [0.717, 1.165) is 35.1 Å². The average Bonchev–Trinajstić information content (AvgIpc) is 3.74. The van der Waals surface area contributed by atoms with E-state index in [0.29, 0.717) is 25.0 Å². The molecule has 0 spiro atoms. The second-order valence-electron chi connectivity index (χ2n) is 19.2. The van der Waals surface area contributed by atoms with Crippen LogP contribution < -0.4 is 4.74 Å². The van der Waals surface area contributed by atoms with Gasteiger partial charge in [-0.1, -0.05) is 74.8 Å². The smallest absolute Gasteiger partial charge is 0.306 e. The summed E-state index contributed by atoms with van der Waals surface area (Å²) < 4.78 is 57.9. The first-order chi connectivity index (χ1) is 28.5. The molecule has 2 heterocycles. The van der Waals surface area contributed by atoms with E-state index < -0.39 is 32.7 Å². The van der Waals surface area contributed by atoms with Crippen LogP contribution >= 0.6 is 15.9 Å². The van der Waals surface area contributed by atoms with E-state index in [1.807, 2.05) is 38.1 Å². The number of halogens is 1. The number of allylic oxidation sites excluding steroid dienone is 3. The summed E-state index contributed by atoms with van der Waals surface area (Å²) in [5, 5.41) is -0.0543. The zero-order valence-corrected chi connectivity index (χ0v) is 40.5. The van der Waals surface area contributed by atoms with Crippen molar-refractivity contribution in [2.45, 2.75) is 160 Å². The molecule has 1 saturated carbocycles. The normalized spacial score (nSPS) is 37.8. The lowest BCUT2D eigenvalue weighted by atomic mass is 9.70. The Balaban J connectivity index is 1.35. The van der Waals surface area contributed by atoms with Crippen LogP contribution in [0.1, 0.15) is 85.6 Å². The fourth-order valence-corrected chi connectivity index (χ4v) is 12.4. The lowest BCUT2D eigenvalue weighted by Crippen LogP contribution is -2.60. The highest BCUT2D eigenvalue weighted by atomic mass is 79.9. The molecule has 1 aromatic carbocycles. The Kier molecular flexibility index (Phi) is 15.7. The van der Waals surface area contributed by atoms with E-state index in [1.165, 1.54) is 0 Å². The molecule has 0 N–H and O–H groups in total. The molecule has 336 valence electrons. The topological polar surface area (TPSA) is 117 Å². The number of hydrogen-bond acceptors (Lipinski definition) is 11. The first-order valence-corrected chi connectivity index (χ1v) is 25.8. The molecule has 0 unspecified atom stereocenters. The van der Waals surface area contributed by atoms with Gasteiger partial charge in [0, 0.05) is 39.1 Å². The minimum atomic E-state index is -2.34. The number of methoxy groups -OCH3 is 4. The van der Waals surface area contributed by atoms with Crippen molar-refractivity contribution in [3.05, 3.63) is 52.0 Å². The van der Waals surface area contributed by atoms with E-state index in [2.05, 4.69) is 68.9 Å². The second-order valence-corrected chi connectivity index (χ2v) is 24.9. The van der Waals surface area contributed by atoms with Crippen molar-refractivity contribution in [1.82, 2.24) is 0 Å². The van der Waals surface area contributed by atoms with Crippen LogP contribution in [-0.4, -0.2) is 104 Å². The lowest BCUT2D eigenvalue weighted by Gasteiger charge is -2.46.